The lowest BCUT2D eigenvalue weighted by atomic mass is 9.95. The van der Waals surface area contributed by atoms with Gasteiger partial charge in [0.15, 0.2) is 0 Å². The Hall–Kier alpha value is -1.53. The Labute approximate surface area is 137 Å². The predicted molar refractivity (Wildman–Crippen MR) is 87.1 cm³/mol. The Balaban J connectivity index is 1.59. The smallest absolute Gasteiger partial charge is 0.224 e. The van der Waals surface area contributed by atoms with Crippen molar-refractivity contribution in [2.75, 3.05) is 40.4 Å². The number of likely N-dealkylation sites (tertiary alicyclic amines) is 1. The van der Waals surface area contributed by atoms with Crippen LogP contribution in [0.25, 0.3) is 0 Å². The number of fused-ring (bicyclic) bond motifs is 1. The number of hydrogen-bond donors (Lipinski definition) is 0. The van der Waals surface area contributed by atoms with Gasteiger partial charge in [-0.05, 0) is 19.9 Å². The average molecular weight is 318 g/mol. The van der Waals surface area contributed by atoms with Crippen LogP contribution in [0.4, 0.5) is 0 Å². The number of nitrogens with zero attached hydrogens (tertiary/aromatic N) is 4. The summed E-state index contributed by atoms with van der Waals surface area (Å²) in [6.45, 7) is 4.12. The van der Waals surface area contributed by atoms with Crippen LogP contribution in [-0.4, -0.2) is 66.1 Å². The maximum Gasteiger partial charge on any atom is 0.224 e. The van der Waals surface area contributed by atoms with Crippen molar-refractivity contribution in [3.8, 4) is 0 Å². The zero-order valence-electron chi connectivity index (χ0n) is 14.1. The Morgan fingerprint density at radius 1 is 1.35 bits per heavy atom. The molecule has 0 spiro atoms. The Morgan fingerprint density at radius 2 is 2.13 bits per heavy atom. The number of carbonyl (C=O) groups excluding carboxylic acids is 1. The summed E-state index contributed by atoms with van der Waals surface area (Å²) >= 11 is 0. The van der Waals surface area contributed by atoms with Crippen molar-refractivity contribution in [1.82, 2.24) is 19.8 Å². The Kier molecular flexibility index (Phi) is 5.23. The number of carbonyl (C=O) groups is 1. The van der Waals surface area contributed by atoms with Gasteiger partial charge in [-0.2, -0.15) is 0 Å². The molecule has 1 aromatic heterocycles. The van der Waals surface area contributed by atoms with Gasteiger partial charge in [-0.15, -0.1) is 0 Å². The molecule has 2 aliphatic heterocycles. The largest absolute Gasteiger partial charge is 0.384 e. The zero-order chi connectivity index (χ0) is 16.2. The molecule has 0 unspecified atom stereocenters. The van der Waals surface area contributed by atoms with E-state index in [-0.39, 0.29) is 5.91 Å². The molecular weight excluding hydrogens is 292 g/mol. The van der Waals surface area contributed by atoms with Crippen molar-refractivity contribution >= 4 is 5.91 Å². The highest BCUT2D eigenvalue weighted by Crippen LogP contribution is 2.27. The fourth-order valence-corrected chi connectivity index (χ4v) is 3.40. The van der Waals surface area contributed by atoms with Gasteiger partial charge in [-0.25, -0.2) is 9.97 Å². The summed E-state index contributed by atoms with van der Waals surface area (Å²) in [4.78, 5) is 25.7. The van der Waals surface area contributed by atoms with Gasteiger partial charge in [0.1, 0.15) is 5.82 Å². The van der Waals surface area contributed by atoms with Gasteiger partial charge in [0.25, 0.3) is 0 Å². The van der Waals surface area contributed by atoms with Gasteiger partial charge in [0.2, 0.25) is 5.91 Å². The molecule has 0 atom stereocenters. The van der Waals surface area contributed by atoms with Crippen LogP contribution in [-0.2, 0) is 22.5 Å². The van der Waals surface area contributed by atoms with Crippen molar-refractivity contribution in [2.45, 2.75) is 38.1 Å². The van der Waals surface area contributed by atoms with Gasteiger partial charge in [0, 0.05) is 63.1 Å². The molecule has 0 aromatic carbocycles. The lowest BCUT2D eigenvalue weighted by Crippen LogP contribution is -2.38. The van der Waals surface area contributed by atoms with Gasteiger partial charge >= 0.3 is 0 Å². The van der Waals surface area contributed by atoms with Crippen LogP contribution in [0.1, 0.15) is 42.3 Å². The van der Waals surface area contributed by atoms with Gasteiger partial charge in [-0.1, -0.05) is 0 Å². The van der Waals surface area contributed by atoms with E-state index in [0.717, 1.165) is 51.3 Å². The van der Waals surface area contributed by atoms with E-state index in [1.54, 1.807) is 7.11 Å². The SMILES string of the molecule is COCCC(=O)N1CCC(c2ncc3c(n2)CCN(C)C3)CC1. The summed E-state index contributed by atoms with van der Waals surface area (Å²) < 4.78 is 4.98. The van der Waals surface area contributed by atoms with E-state index in [1.165, 1.54) is 11.3 Å². The van der Waals surface area contributed by atoms with Crippen molar-refractivity contribution in [3.05, 3.63) is 23.3 Å². The van der Waals surface area contributed by atoms with Crippen LogP contribution in [0.3, 0.4) is 0 Å². The van der Waals surface area contributed by atoms with E-state index in [4.69, 9.17) is 9.72 Å². The van der Waals surface area contributed by atoms with Crippen molar-refractivity contribution in [2.24, 2.45) is 0 Å². The fourth-order valence-electron chi connectivity index (χ4n) is 3.40. The normalized spacial score (nSPS) is 19.7. The van der Waals surface area contributed by atoms with E-state index in [0.29, 0.717) is 18.9 Å². The first-order valence-electron chi connectivity index (χ1n) is 8.47. The molecule has 6 heteroatoms. The van der Waals surface area contributed by atoms with Crippen LogP contribution in [0.2, 0.25) is 0 Å². The minimum absolute atomic E-state index is 0.194. The molecule has 0 aliphatic carbocycles. The standard InChI is InChI=1S/C17H26N4O2/c1-20-7-5-15-14(12-20)11-18-17(19-15)13-3-8-21(9-4-13)16(22)6-10-23-2/h11,13H,3-10,12H2,1-2H3. The molecule has 0 radical (unpaired) electrons. The molecule has 6 nitrogen and oxygen atoms in total. The number of piperidine rings is 1. The summed E-state index contributed by atoms with van der Waals surface area (Å²) in [7, 11) is 3.76. The predicted octanol–water partition coefficient (Wildman–Crippen LogP) is 1.21. The number of aromatic nitrogens is 2. The first kappa shape index (κ1) is 16.3. The Bertz CT molecular complexity index is 556. The van der Waals surface area contributed by atoms with E-state index in [9.17, 15) is 4.79 Å². The monoisotopic (exact) mass is 318 g/mol. The highest BCUT2D eigenvalue weighted by Gasteiger charge is 2.26. The van der Waals surface area contributed by atoms with Gasteiger partial charge < -0.3 is 14.5 Å². The molecule has 3 rings (SSSR count). The molecule has 23 heavy (non-hydrogen) atoms. The molecule has 1 fully saturated rings. The molecule has 0 saturated carbocycles. The molecule has 1 aromatic rings. The number of likely N-dealkylation sites (N-methyl/N-ethyl adjacent to an activating group) is 1. The topological polar surface area (TPSA) is 58.6 Å². The maximum atomic E-state index is 12.0. The second-order valence-corrected chi connectivity index (χ2v) is 6.59. The second kappa shape index (κ2) is 7.36. The first-order valence-corrected chi connectivity index (χ1v) is 8.47. The minimum atomic E-state index is 0.194. The molecule has 0 N–H and O–H groups in total. The molecule has 1 saturated heterocycles. The summed E-state index contributed by atoms with van der Waals surface area (Å²) in [5.74, 6) is 1.54. The summed E-state index contributed by atoms with van der Waals surface area (Å²) in [5.41, 5.74) is 2.47. The lowest BCUT2D eigenvalue weighted by molar-refractivity contribution is -0.133. The Morgan fingerprint density at radius 3 is 2.87 bits per heavy atom. The molecule has 2 aliphatic rings. The third-order valence-electron chi connectivity index (χ3n) is 4.88. The quantitative estimate of drug-likeness (QED) is 0.835. The van der Waals surface area contributed by atoms with E-state index < -0.39 is 0 Å². The molecular formula is C17H26N4O2. The number of amides is 1. The number of methoxy groups -OCH3 is 1. The van der Waals surface area contributed by atoms with Crippen molar-refractivity contribution in [1.29, 1.82) is 0 Å². The van der Waals surface area contributed by atoms with Crippen molar-refractivity contribution < 1.29 is 9.53 Å². The maximum absolute atomic E-state index is 12.0. The fraction of sp³-hybridized carbons (Fsp3) is 0.706. The summed E-state index contributed by atoms with van der Waals surface area (Å²) in [6.07, 6.45) is 5.40. The number of hydrogen-bond acceptors (Lipinski definition) is 5. The molecule has 0 bridgehead atoms. The van der Waals surface area contributed by atoms with Crippen LogP contribution in [0.15, 0.2) is 6.20 Å². The molecule has 126 valence electrons. The van der Waals surface area contributed by atoms with Crippen molar-refractivity contribution in [3.63, 3.8) is 0 Å². The van der Waals surface area contributed by atoms with Crippen LogP contribution < -0.4 is 0 Å². The van der Waals surface area contributed by atoms with Crippen LogP contribution in [0, 0.1) is 0 Å². The molecule has 1 amide bonds. The summed E-state index contributed by atoms with van der Waals surface area (Å²) in [6, 6.07) is 0. The second-order valence-electron chi connectivity index (χ2n) is 6.59. The van der Waals surface area contributed by atoms with Gasteiger partial charge in [-0.3, -0.25) is 4.79 Å². The number of ether oxygens (including phenoxy) is 1. The third kappa shape index (κ3) is 3.87. The first-order chi connectivity index (χ1) is 11.2. The highest BCUT2D eigenvalue weighted by atomic mass is 16.5. The third-order valence-corrected chi connectivity index (χ3v) is 4.88. The number of rotatable bonds is 4. The summed E-state index contributed by atoms with van der Waals surface area (Å²) in [5, 5.41) is 0. The zero-order valence-corrected chi connectivity index (χ0v) is 14.1. The molecule has 3 heterocycles. The van der Waals surface area contributed by atoms with E-state index in [2.05, 4.69) is 16.9 Å². The van der Waals surface area contributed by atoms with E-state index in [1.807, 2.05) is 11.1 Å². The minimum Gasteiger partial charge on any atom is -0.384 e. The average Bonchev–Trinajstić information content (AvgIpc) is 2.59. The van der Waals surface area contributed by atoms with Gasteiger partial charge in [0.05, 0.1) is 13.0 Å². The lowest BCUT2D eigenvalue weighted by Gasteiger charge is -2.32. The van der Waals surface area contributed by atoms with E-state index >= 15 is 0 Å². The highest BCUT2D eigenvalue weighted by molar-refractivity contribution is 5.76. The van der Waals surface area contributed by atoms with Crippen LogP contribution >= 0.6 is 0 Å². The van der Waals surface area contributed by atoms with Crippen LogP contribution in [0.5, 0.6) is 0 Å².